The molecule has 0 amide bonds. The predicted molar refractivity (Wildman–Crippen MR) is 73.7 cm³/mol. The normalized spacial score (nSPS) is 12.3. The zero-order valence-corrected chi connectivity index (χ0v) is 11.8. The van der Waals surface area contributed by atoms with Crippen LogP contribution in [-0.4, -0.2) is 34.0 Å². The summed E-state index contributed by atoms with van der Waals surface area (Å²) < 4.78 is 15.8. The molecule has 4 nitrogen and oxygen atoms in total. The zero-order chi connectivity index (χ0) is 13.5. The fourth-order valence-corrected chi connectivity index (χ4v) is 1.70. The number of anilines is 1. The third kappa shape index (κ3) is 3.81. The summed E-state index contributed by atoms with van der Waals surface area (Å²) in [4.78, 5) is 0. The van der Waals surface area contributed by atoms with Gasteiger partial charge in [-0.15, -0.1) is 0 Å². The minimum atomic E-state index is 0.247. The molecule has 102 valence electrons. The van der Waals surface area contributed by atoms with E-state index in [0.29, 0.717) is 12.5 Å². The molecule has 1 unspecified atom stereocenters. The fraction of sp³-hybridized carbons (Fsp3) is 0.571. The molecule has 0 aliphatic carbocycles. The van der Waals surface area contributed by atoms with Crippen molar-refractivity contribution in [1.29, 1.82) is 0 Å². The molecule has 0 aliphatic heterocycles. The van der Waals surface area contributed by atoms with Gasteiger partial charge >= 0.3 is 0 Å². The lowest BCUT2D eigenvalue weighted by atomic mass is 10.0. The van der Waals surface area contributed by atoms with Gasteiger partial charge in [0.25, 0.3) is 0 Å². The molecule has 0 aliphatic rings. The van der Waals surface area contributed by atoms with Crippen LogP contribution in [0.5, 0.6) is 11.5 Å². The molecule has 0 radical (unpaired) electrons. The van der Waals surface area contributed by atoms with E-state index >= 15 is 0 Å². The third-order valence-corrected chi connectivity index (χ3v) is 2.90. The highest BCUT2D eigenvalue weighted by atomic mass is 16.5. The van der Waals surface area contributed by atoms with Crippen LogP contribution in [0.4, 0.5) is 5.69 Å². The van der Waals surface area contributed by atoms with E-state index in [0.717, 1.165) is 17.2 Å². The molecule has 0 spiro atoms. The number of benzene rings is 1. The van der Waals surface area contributed by atoms with E-state index in [9.17, 15) is 0 Å². The second-order valence-corrected chi connectivity index (χ2v) is 4.52. The molecule has 0 fully saturated rings. The Morgan fingerprint density at radius 3 is 2.33 bits per heavy atom. The van der Waals surface area contributed by atoms with Crippen molar-refractivity contribution in [1.82, 2.24) is 0 Å². The molecule has 0 aromatic heterocycles. The highest BCUT2D eigenvalue weighted by Gasteiger charge is 2.15. The summed E-state index contributed by atoms with van der Waals surface area (Å²) in [7, 11) is 5.01. The highest BCUT2D eigenvalue weighted by Crippen LogP contribution is 2.30. The number of hydrogen-bond acceptors (Lipinski definition) is 4. The summed E-state index contributed by atoms with van der Waals surface area (Å²) in [5, 5.41) is 3.44. The van der Waals surface area contributed by atoms with Crippen LogP contribution in [0, 0.1) is 5.92 Å². The molecule has 0 bridgehead atoms. The van der Waals surface area contributed by atoms with Crippen LogP contribution >= 0.6 is 0 Å². The van der Waals surface area contributed by atoms with Crippen LogP contribution in [0.2, 0.25) is 0 Å². The smallest absolute Gasteiger partial charge is 0.145 e. The number of methoxy groups -OCH3 is 3. The van der Waals surface area contributed by atoms with Gasteiger partial charge in [-0.1, -0.05) is 13.8 Å². The van der Waals surface area contributed by atoms with Gasteiger partial charge in [-0.05, 0) is 18.1 Å². The van der Waals surface area contributed by atoms with Crippen molar-refractivity contribution < 1.29 is 14.2 Å². The first-order valence-electron chi connectivity index (χ1n) is 6.09. The minimum Gasteiger partial charge on any atom is -0.497 e. The van der Waals surface area contributed by atoms with Crippen molar-refractivity contribution >= 4 is 5.69 Å². The molecule has 0 heterocycles. The Morgan fingerprint density at radius 1 is 1.11 bits per heavy atom. The Labute approximate surface area is 109 Å². The minimum absolute atomic E-state index is 0.247. The molecule has 1 N–H and O–H groups in total. The van der Waals surface area contributed by atoms with Crippen LogP contribution in [0.25, 0.3) is 0 Å². The van der Waals surface area contributed by atoms with Crippen LogP contribution in [-0.2, 0) is 4.74 Å². The first kappa shape index (κ1) is 14.6. The summed E-state index contributed by atoms with van der Waals surface area (Å²) >= 11 is 0. The van der Waals surface area contributed by atoms with Gasteiger partial charge in [-0.2, -0.15) is 0 Å². The third-order valence-electron chi connectivity index (χ3n) is 2.90. The maximum atomic E-state index is 5.36. The van der Waals surface area contributed by atoms with Crippen molar-refractivity contribution in [3.8, 4) is 11.5 Å². The molecule has 4 heteroatoms. The van der Waals surface area contributed by atoms with Crippen molar-refractivity contribution in [2.24, 2.45) is 5.92 Å². The molecule has 0 saturated heterocycles. The Hall–Kier alpha value is -1.42. The molecular formula is C14H23NO3. The first-order valence-corrected chi connectivity index (χ1v) is 6.09. The summed E-state index contributed by atoms with van der Waals surface area (Å²) in [6.45, 7) is 4.98. The van der Waals surface area contributed by atoms with E-state index in [1.54, 1.807) is 21.3 Å². The second-order valence-electron chi connectivity index (χ2n) is 4.52. The van der Waals surface area contributed by atoms with E-state index in [2.05, 4.69) is 19.2 Å². The van der Waals surface area contributed by atoms with Gasteiger partial charge in [0.1, 0.15) is 11.5 Å². The summed E-state index contributed by atoms with van der Waals surface area (Å²) in [6, 6.07) is 5.99. The van der Waals surface area contributed by atoms with E-state index in [1.165, 1.54) is 0 Å². The van der Waals surface area contributed by atoms with E-state index in [-0.39, 0.29) is 6.04 Å². The van der Waals surface area contributed by atoms with E-state index in [4.69, 9.17) is 14.2 Å². The second kappa shape index (κ2) is 7.11. The highest BCUT2D eigenvalue weighted by molar-refractivity contribution is 5.59. The number of ether oxygens (including phenoxy) is 3. The van der Waals surface area contributed by atoms with Gasteiger partial charge in [-0.3, -0.25) is 0 Å². The maximum Gasteiger partial charge on any atom is 0.145 e. The van der Waals surface area contributed by atoms with Gasteiger partial charge < -0.3 is 19.5 Å². The van der Waals surface area contributed by atoms with Crippen LogP contribution in [0.1, 0.15) is 13.8 Å². The molecule has 1 rings (SSSR count). The summed E-state index contributed by atoms with van der Waals surface area (Å²) in [5.41, 5.74) is 0.953. The standard InChI is InChI=1S/C14H23NO3/c1-10(2)13(9-16-3)15-12-7-6-11(17-4)8-14(12)18-5/h6-8,10,13,15H,9H2,1-5H3. The topological polar surface area (TPSA) is 39.7 Å². The summed E-state index contributed by atoms with van der Waals surface area (Å²) in [6.07, 6.45) is 0. The van der Waals surface area contributed by atoms with Gasteiger partial charge in [-0.25, -0.2) is 0 Å². The van der Waals surface area contributed by atoms with Gasteiger partial charge in [0, 0.05) is 13.2 Å². The lowest BCUT2D eigenvalue weighted by molar-refractivity contribution is 0.171. The van der Waals surface area contributed by atoms with Gasteiger partial charge in [0.15, 0.2) is 0 Å². The average Bonchev–Trinajstić information content (AvgIpc) is 2.38. The quantitative estimate of drug-likeness (QED) is 0.811. The number of rotatable bonds is 7. The molecule has 18 heavy (non-hydrogen) atoms. The Kier molecular flexibility index (Phi) is 5.78. The van der Waals surface area contributed by atoms with Crippen LogP contribution in [0.3, 0.4) is 0 Å². The predicted octanol–water partition coefficient (Wildman–Crippen LogP) is 2.79. The van der Waals surface area contributed by atoms with Crippen molar-refractivity contribution in [3.63, 3.8) is 0 Å². The Bertz CT molecular complexity index is 366. The Morgan fingerprint density at radius 2 is 1.83 bits per heavy atom. The largest absolute Gasteiger partial charge is 0.497 e. The zero-order valence-electron chi connectivity index (χ0n) is 11.8. The lowest BCUT2D eigenvalue weighted by Crippen LogP contribution is -2.30. The number of hydrogen-bond donors (Lipinski definition) is 1. The maximum absolute atomic E-state index is 5.36. The SMILES string of the molecule is COCC(Nc1ccc(OC)cc1OC)C(C)C. The first-order chi connectivity index (χ1) is 8.62. The van der Waals surface area contributed by atoms with Crippen molar-refractivity contribution in [3.05, 3.63) is 18.2 Å². The van der Waals surface area contributed by atoms with Crippen LogP contribution < -0.4 is 14.8 Å². The number of nitrogens with one attached hydrogen (secondary N) is 1. The van der Waals surface area contributed by atoms with E-state index < -0.39 is 0 Å². The van der Waals surface area contributed by atoms with Crippen LogP contribution in [0.15, 0.2) is 18.2 Å². The molecule has 0 saturated carbocycles. The average molecular weight is 253 g/mol. The lowest BCUT2D eigenvalue weighted by Gasteiger charge is -2.24. The summed E-state index contributed by atoms with van der Waals surface area (Å²) in [5.74, 6) is 2.03. The molecule has 1 aromatic carbocycles. The van der Waals surface area contributed by atoms with Gasteiger partial charge in [0.2, 0.25) is 0 Å². The van der Waals surface area contributed by atoms with Crippen molar-refractivity contribution in [2.45, 2.75) is 19.9 Å². The molecule has 1 aromatic rings. The van der Waals surface area contributed by atoms with E-state index in [1.807, 2.05) is 18.2 Å². The van der Waals surface area contributed by atoms with Gasteiger partial charge in [0.05, 0.1) is 32.6 Å². The molecular weight excluding hydrogens is 230 g/mol. The fourth-order valence-electron chi connectivity index (χ4n) is 1.70. The van der Waals surface area contributed by atoms with Crippen molar-refractivity contribution in [2.75, 3.05) is 33.3 Å². The monoisotopic (exact) mass is 253 g/mol. The Balaban J connectivity index is 2.87. The molecule has 1 atom stereocenters.